The molecular formula is C25H41N5O8S2. The molecule has 1 atom stereocenters. The molecule has 0 saturated carbocycles. The van der Waals surface area contributed by atoms with E-state index in [1.54, 1.807) is 52.8 Å². The van der Waals surface area contributed by atoms with Crippen LogP contribution in [0.25, 0.3) is 10.4 Å². The normalized spacial score (nSPS) is 11.8. The summed E-state index contributed by atoms with van der Waals surface area (Å²) in [7, 11) is 3.24. The molecule has 1 aromatic carbocycles. The monoisotopic (exact) mass is 603 g/mol. The Balaban J connectivity index is 2.59. The van der Waals surface area contributed by atoms with Gasteiger partial charge in [-0.15, -0.1) is 0 Å². The zero-order valence-electron chi connectivity index (χ0n) is 23.6. The highest BCUT2D eigenvalue weighted by atomic mass is 33.1. The summed E-state index contributed by atoms with van der Waals surface area (Å²) < 4.78 is 26.9. The van der Waals surface area contributed by atoms with Crippen molar-refractivity contribution >= 4 is 39.5 Å². The highest BCUT2D eigenvalue weighted by Gasteiger charge is 2.24. The molecule has 0 aromatic heterocycles. The van der Waals surface area contributed by atoms with Crippen LogP contribution in [0.1, 0.15) is 26.3 Å². The van der Waals surface area contributed by atoms with E-state index in [9.17, 15) is 14.7 Å². The molecule has 226 valence electrons. The highest BCUT2D eigenvalue weighted by Crippen LogP contribution is 2.33. The maximum atomic E-state index is 13.0. The van der Waals surface area contributed by atoms with Gasteiger partial charge < -0.3 is 34.1 Å². The number of hydrogen-bond donors (Lipinski definition) is 2. The van der Waals surface area contributed by atoms with Gasteiger partial charge in [0.15, 0.2) is 0 Å². The SMILES string of the molecule is CSSC(C)(C)COC(=O)N(CCOCCOCCOCCN=[N+]=[N-])c1ccc(COC(=O)NC[C@H](C)O)cc1. The second-order valence-corrected chi connectivity index (χ2v) is 12.1. The first-order chi connectivity index (χ1) is 19.2. The van der Waals surface area contributed by atoms with Crippen LogP contribution < -0.4 is 10.2 Å². The molecule has 0 radical (unpaired) electrons. The van der Waals surface area contributed by atoms with E-state index >= 15 is 0 Å². The Morgan fingerprint density at radius 3 is 2.30 bits per heavy atom. The zero-order valence-corrected chi connectivity index (χ0v) is 25.2. The highest BCUT2D eigenvalue weighted by molar-refractivity contribution is 8.76. The predicted octanol–water partition coefficient (Wildman–Crippen LogP) is 4.39. The molecule has 2 N–H and O–H groups in total. The zero-order chi connectivity index (χ0) is 29.6. The third-order valence-corrected chi connectivity index (χ3v) is 7.42. The number of aliphatic hydroxyl groups excluding tert-OH is 1. The van der Waals surface area contributed by atoms with Crippen molar-refractivity contribution in [1.29, 1.82) is 0 Å². The Morgan fingerprint density at radius 1 is 1.07 bits per heavy atom. The number of aliphatic hydroxyl groups is 1. The van der Waals surface area contributed by atoms with E-state index in [4.69, 9.17) is 29.2 Å². The average Bonchev–Trinajstić information content (AvgIpc) is 2.92. The Morgan fingerprint density at radius 2 is 1.70 bits per heavy atom. The number of azide groups is 1. The fraction of sp³-hybridized carbons (Fsp3) is 0.680. The van der Waals surface area contributed by atoms with Gasteiger partial charge in [-0.05, 0) is 50.3 Å². The van der Waals surface area contributed by atoms with Gasteiger partial charge in [0.25, 0.3) is 0 Å². The first kappa shape index (κ1) is 35.6. The number of nitrogens with one attached hydrogen (secondary N) is 1. The number of benzene rings is 1. The maximum Gasteiger partial charge on any atom is 0.414 e. The van der Waals surface area contributed by atoms with Gasteiger partial charge in [-0.2, -0.15) is 0 Å². The summed E-state index contributed by atoms with van der Waals surface area (Å²) in [5, 5.41) is 15.1. The molecule has 2 amide bonds. The summed E-state index contributed by atoms with van der Waals surface area (Å²) in [6, 6.07) is 7.02. The first-order valence-electron chi connectivity index (χ1n) is 12.8. The number of carbonyl (C=O) groups excluding carboxylic acids is 2. The van der Waals surface area contributed by atoms with Gasteiger partial charge in [0, 0.05) is 23.7 Å². The predicted molar refractivity (Wildman–Crippen MR) is 157 cm³/mol. The summed E-state index contributed by atoms with van der Waals surface area (Å²) in [6.07, 6.45) is 0.192. The summed E-state index contributed by atoms with van der Waals surface area (Å²) in [4.78, 5) is 28.9. The van der Waals surface area contributed by atoms with E-state index < -0.39 is 18.3 Å². The van der Waals surface area contributed by atoms with Crippen molar-refractivity contribution in [3.8, 4) is 0 Å². The van der Waals surface area contributed by atoms with Crippen molar-refractivity contribution < 1.29 is 38.4 Å². The lowest BCUT2D eigenvalue weighted by molar-refractivity contribution is 0.0172. The number of hydrogen-bond acceptors (Lipinski definition) is 11. The first-order valence-corrected chi connectivity index (χ1v) is 15.3. The lowest BCUT2D eigenvalue weighted by atomic mass is 10.2. The molecule has 0 fully saturated rings. The van der Waals surface area contributed by atoms with Crippen LogP contribution in [0, 0.1) is 0 Å². The van der Waals surface area contributed by atoms with Gasteiger partial charge in [0.05, 0.1) is 57.0 Å². The second-order valence-electron chi connectivity index (χ2n) is 8.98. The van der Waals surface area contributed by atoms with Crippen molar-refractivity contribution in [2.45, 2.75) is 38.2 Å². The molecule has 0 aliphatic rings. The Hall–Kier alpha value is -2.39. The molecule has 0 bridgehead atoms. The topological polar surface area (TPSA) is 165 Å². The molecule has 0 spiro atoms. The van der Waals surface area contributed by atoms with Crippen molar-refractivity contribution in [1.82, 2.24) is 5.32 Å². The van der Waals surface area contributed by atoms with E-state index in [1.165, 1.54) is 4.90 Å². The Bertz CT molecular complexity index is 902. The summed E-state index contributed by atoms with van der Waals surface area (Å²) in [5.74, 6) is 0. The van der Waals surface area contributed by atoms with Gasteiger partial charge in [-0.1, -0.05) is 38.8 Å². The van der Waals surface area contributed by atoms with Crippen molar-refractivity contribution in [3.05, 3.63) is 40.3 Å². The van der Waals surface area contributed by atoms with Crippen molar-refractivity contribution in [2.24, 2.45) is 5.11 Å². The van der Waals surface area contributed by atoms with Crippen LogP contribution in [0.2, 0.25) is 0 Å². The lowest BCUT2D eigenvalue weighted by Gasteiger charge is -2.26. The molecule has 0 aliphatic carbocycles. The smallest absolute Gasteiger partial charge is 0.414 e. The minimum Gasteiger partial charge on any atom is -0.448 e. The Labute approximate surface area is 243 Å². The number of alkyl carbamates (subject to hydrolysis) is 1. The number of nitrogens with zero attached hydrogens (tertiary/aromatic N) is 4. The van der Waals surface area contributed by atoms with Gasteiger partial charge >= 0.3 is 12.2 Å². The van der Waals surface area contributed by atoms with E-state index in [-0.39, 0.29) is 44.2 Å². The number of anilines is 1. The number of rotatable bonds is 21. The van der Waals surface area contributed by atoms with E-state index in [0.717, 1.165) is 5.56 Å². The largest absolute Gasteiger partial charge is 0.448 e. The molecule has 1 aromatic rings. The minimum atomic E-state index is -0.666. The van der Waals surface area contributed by atoms with Crippen LogP contribution in [-0.4, -0.2) is 100 Å². The summed E-state index contributed by atoms with van der Waals surface area (Å²) >= 11 is 0. The molecule has 0 saturated heterocycles. The fourth-order valence-corrected chi connectivity index (χ4v) is 5.00. The maximum absolute atomic E-state index is 13.0. The number of amides is 2. The lowest BCUT2D eigenvalue weighted by Crippen LogP contribution is -2.37. The van der Waals surface area contributed by atoms with Crippen LogP contribution in [0.4, 0.5) is 15.3 Å². The average molecular weight is 604 g/mol. The molecular weight excluding hydrogens is 562 g/mol. The van der Waals surface area contributed by atoms with Crippen molar-refractivity contribution in [2.75, 3.05) is 77.0 Å². The van der Waals surface area contributed by atoms with Crippen LogP contribution in [0.15, 0.2) is 29.4 Å². The second kappa shape index (κ2) is 21.4. The summed E-state index contributed by atoms with van der Waals surface area (Å²) in [6.45, 7) is 8.58. The third-order valence-electron chi connectivity index (χ3n) is 4.83. The Kier molecular flexibility index (Phi) is 19.0. The van der Waals surface area contributed by atoms with Crippen LogP contribution >= 0.6 is 21.6 Å². The molecule has 15 heteroatoms. The fourth-order valence-electron chi connectivity index (χ4n) is 2.94. The number of ether oxygens (including phenoxy) is 5. The quantitative estimate of drug-likeness (QED) is 0.0677. The summed E-state index contributed by atoms with van der Waals surface area (Å²) in [5.41, 5.74) is 9.55. The van der Waals surface area contributed by atoms with E-state index in [2.05, 4.69) is 15.3 Å². The molecule has 13 nitrogen and oxygen atoms in total. The van der Waals surface area contributed by atoms with Gasteiger partial charge in [0.2, 0.25) is 0 Å². The van der Waals surface area contributed by atoms with Crippen LogP contribution in [0.5, 0.6) is 0 Å². The van der Waals surface area contributed by atoms with Gasteiger partial charge in [-0.3, -0.25) is 4.90 Å². The van der Waals surface area contributed by atoms with E-state index in [0.29, 0.717) is 38.7 Å². The molecule has 1 rings (SSSR count). The molecule has 0 heterocycles. The molecule has 40 heavy (non-hydrogen) atoms. The molecule has 0 unspecified atom stereocenters. The number of carbonyl (C=O) groups is 2. The van der Waals surface area contributed by atoms with Gasteiger partial charge in [0.1, 0.15) is 13.2 Å². The van der Waals surface area contributed by atoms with Crippen LogP contribution in [-0.2, 0) is 30.3 Å². The standard InChI is InChI=1S/C25H41N5O8S2/c1-20(31)17-27-23(32)37-18-21-5-7-22(8-6-21)30(24(33)38-19-25(2,3)40-39-4)10-12-35-14-16-36-15-13-34-11-9-28-29-26/h5-8,20,31H,9-19H2,1-4H3,(H,27,32)/t20-/m0/s1. The van der Waals surface area contributed by atoms with Gasteiger partial charge in [-0.25, -0.2) is 9.59 Å². The van der Waals surface area contributed by atoms with Crippen LogP contribution in [0.3, 0.4) is 0 Å². The van der Waals surface area contributed by atoms with Crippen molar-refractivity contribution in [3.63, 3.8) is 0 Å². The third kappa shape index (κ3) is 17.3. The molecule has 0 aliphatic heterocycles. The van der Waals surface area contributed by atoms with E-state index in [1.807, 2.05) is 20.1 Å². The minimum absolute atomic E-state index is 0.0401.